The maximum absolute atomic E-state index is 13.4. The van der Waals surface area contributed by atoms with E-state index in [9.17, 15) is 9.59 Å². The number of halogens is 1. The highest BCUT2D eigenvalue weighted by Gasteiger charge is 2.42. The molecule has 2 aromatic rings. The van der Waals surface area contributed by atoms with Crippen LogP contribution in [0.1, 0.15) is 47.2 Å². The smallest absolute Gasteiger partial charge is 0.267 e. The van der Waals surface area contributed by atoms with Gasteiger partial charge < -0.3 is 15.4 Å². The summed E-state index contributed by atoms with van der Waals surface area (Å²) in [5.74, 6) is 0.0136. The van der Waals surface area contributed by atoms with Gasteiger partial charge in [-0.1, -0.05) is 35.4 Å². The van der Waals surface area contributed by atoms with E-state index in [0.29, 0.717) is 48.1 Å². The number of aryl methyl sites for hydroxylation is 1. The SMILES string of the molecule is Cc1cccc(C(=O)[C@@]2(Nc3ncc(/C=C/C(=O)NOC4CCCCO4)cc3Cl)CCNC2)c1. The normalized spacial score (nSPS) is 22.6. The molecule has 2 aliphatic rings. The molecule has 1 aromatic carbocycles. The third-order valence-corrected chi connectivity index (χ3v) is 6.23. The number of carbonyl (C=O) groups is 2. The Kier molecular flexibility index (Phi) is 7.95. The first-order valence-electron chi connectivity index (χ1n) is 11.5. The highest BCUT2D eigenvalue weighted by atomic mass is 35.5. The largest absolute Gasteiger partial charge is 0.355 e. The van der Waals surface area contributed by atoms with E-state index >= 15 is 0 Å². The summed E-state index contributed by atoms with van der Waals surface area (Å²) in [6.45, 7) is 3.79. The van der Waals surface area contributed by atoms with E-state index in [-0.39, 0.29) is 5.78 Å². The summed E-state index contributed by atoms with van der Waals surface area (Å²) < 4.78 is 5.41. The van der Waals surface area contributed by atoms with Gasteiger partial charge in [0.2, 0.25) is 0 Å². The van der Waals surface area contributed by atoms with Gasteiger partial charge in [-0.05, 0) is 56.5 Å². The zero-order valence-electron chi connectivity index (χ0n) is 19.1. The number of aromatic nitrogens is 1. The average Bonchev–Trinajstić information content (AvgIpc) is 3.33. The van der Waals surface area contributed by atoms with Crippen molar-refractivity contribution in [1.82, 2.24) is 15.8 Å². The van der Waals surface area contributed by atoms with Gasteiger partial charge in [-0.2, -0.15) is 0 Å². The second-order valence-electron chi connectivity index (χ2n) is 8.65. The van der Waals surface area contributed by atoms with Crippen LogP contribution in [-0.2, 0) is 14.4 Å². The number of Topliss-reactive ketones (excluding diaryl/α,β-unsaturated/α-hetero) is 1. The number of pyridine rings is 1. The lowest BCUT2D eigenvalue weighted by molar-refractivity contribution is -0.198. The molecule has 0 saturated carbocycles. The number of hydrogen-bond donors (Lipinski definition) is 3. The summed E-state index contributed by atoms with van der Waals surface area (Å²) in [7, 11) is 0. The van der Waals surface area contributed by atoms with Crippen LogP contribution in [0.15, 0.2) is 42.6 Å². The van der Waals surface area contributed by atoms with E-state index in [2.05, 4.69) is 21.1 Å². The van der Waals surface area contributed by atoms with Crippen molar-refractivity contribution in [2.24, 2.45) is 0 Å². The molecule has 2 saturated heterocycles. The molecule has 180 valence electrons. The highest BCUT2D eigenvalue weighted by molar-refractivity contribution is 6.33. The number of carbonyl (C=O) groups excluding carboxylic acids is 2. The highest BCUT2D eigenvalue weighted by Crippen LogP contribution is 2.30. The Balaban J connectivity index is 1.41. The number of rotatable bonds is 8. The molecule has 3 N–H and O–H groups in total. The average molecular weight is 485 g/mol. The molecule has 2 fully saturated rings. The molecule has 0 bridgehead atoms. The lowest BCUT2D eigenvalue weighted by Crippen LogP contribution is -2.48. The van der Waals surface area contributed by atoms with Crippen molar-refractivity contribution in [3.05, 3.63) is 64.3 Å². The minimum atomic E-state index is -0.833. The predicted octanol–water partition coefficient (Wildman–Crippen LogP) is 3.66. The Hall–Kier alpha value is -2.78. The van der Waals surface area contributed by atoms with E-state index in [0.717, 1.165) is 24.8 Å². The summed E-state index contributed by atoms with van der Waals surface area (Å²) in [6, 6.07) is 9.26. The van der Waals surface area contributed by atoms with Gasteiger partial charge in [-0.25, -0.2) is 15.3 Å². The van der Waals surface area contributed by atoms with Crippen molar-refractivity contribution in [1.29, 1.82) is 0 Å². The molecule has 0 radical (unpaired) electrons. The Morgan fingerprint density at radius 2 is 2.21 bits per heavy atom. The molecule has 0 spiro atoms. The van der Waals surface area contributed by atoms with Crippen LogP contribution in [0.3, 0.4) is 0 Å². The van der Waals surface area contributed by atoms with Gasteiger partial charge in [-0.3, -0.25) is 9.59 Å². The Labute approximate surface area is 204 Å². The van der Waals surface area contributed by atoms with E-state index in [4.69, 9.17) is 21.2 Å². The first kappa shape index (κ1) is 24.3. The van der Waals surface area contributed by atoms with Crippen molar-refractivity contribution in [3.63, 3.8) is 0 Å². The van der Waals surface area contributed by atoms with E-state index < -0.39 is 17.7 Å². The van der Waals surface area contributed by atoms with Crippen LogP contribution in [0, 0.1) is 6.92 Å². The quantitative estimate of drug-likeness (QED) is 0.298. The molecule has 9 heteroatoms. The number of nitrogens with one attached hydrogen (secondary N) is 3. The topological polar surface area (TPSA) is 102 Å². The Morgan fingerprint density at radius 3 is 2.91 bits per heavy atom. The zero-order valence-corrected chi connectivity index (χ0v) is 19.9. The van der Waals surface area contributed by atoms with Gasteiger partial charge in [0.25, 0.3) is 5.91 Å². The van der Waals surface area contributed by atoms with Crippen molar-refractivity contribution < 1.29 is 19.2 Å². The number of anilines is 1. The molecule has 0 aliphatic carbocycles. The summed E-state index contributed by atoms with van der Waals surface area (Å²) in [4.78, 5) is 35.1. The summed E-state index contributed by atoms with van der Waals surface area (Å²) in [5.41, 5.74) is 3.86. The number of ketones is 1. The molecule has 1 amide bonds. The molecule has 4 rings (SSSR count). The monoisotopic (exact) mass is 484 g/mol. The molecule has 2 aliphatic heterocycles. The molecular formula is C25H29ClN4O4. The van der Waals surface area contributed by atoms with Gasteiger partial charge in [0.05, 0.1) is 5.02 Å². The third-order valence-electron chi connectivity index (χ3n) is 5.95. The second-order valence-corrected chi connectivity index (χ2v) is 9.05. The maximum atomic E-state index is 13.4. The molecule has 3 heterocycles. The van der Waals surface area contributed by atoms with Crippen LogP contribution in [-0.4, -0.2) is 48.2 Å². The first-order chi connectivity index (χ1) is 16.4. The van der Waals surface area contributed by atoms with Crippen LogP contribution in [0.4, 0.5) is 5.82 Å². The van der Waals surface area contributed by atoms with Crippen molar-refractivity contribution in [3.8, 4) is 0 Å². The third kappa shape index (κ3) is 6.01. The van der Waals surface area contributed by atoms with Crippen LogP contribution in [0.2, 0.25) is 5.02 Å². The van der Waals surface area contributed by atoms with Crippen LogP contribution < -0.4 is 16.1 Å². The zero-order chi connectivity index (χ0) is 24.0. The van der Waals surface area contributed by atoms with Gasteiger partial charge in [0.1, 0.15) is 11.4 Å². The Morgan fingerprint density at radius 1 is 1.32 bits per heavy atom. The van der Waals surface area contributed by atoms with Crippen molar-refractivity contribution in [2.45, 2.75) is 44.4 Å². The molecule has 1 aromatic heterocycles. The summed E-state index contributed by atoms with van der Waals surface area (Å²) in [5, 5.41) is 6.92. The van der Waals surface area contributed by atoms with Gasteiger partial charge >= 0.3 is 0 Å². The number of hydroxylamine groups is 1. The molecule has 2 atom stereocenters. The van der Waals surface area contributed by atoms with Gasteiger partial charge in [0.15, 0.2) is 12.1 Å². The van der Waals surface area contributed by atoms with Crippen LogP contribution in [0.25, 0.3) is 6.08 Å². The minimum Gasteiger partial charge on any atom is -0.355 e. The van der Waals surface area contributed by atoms with Crippen LogP contribution >= 0.6 is 11.6 Å². The summed E-state index contributed by atoms with van der Waals surface area (Å²) in [6.07, 6.45) is 7.49. The van der Waals surface area contributed by atoms with E-state index in [1.807, 2.05) is 31.2 Å². The van der Waals surface area contributed by atoms with Crippen LogP contribution in [0.5, 0.6) is 0 Å². The lowest BCUT2D eigenvalue weighted by atomic mass is 9.87. The minimum absolute atomic E-state index is 0.00153. The fourth-order valence-electron chi connectivity index (χ4n) is 4.11. The number of ether oxygens (including phenoxy) is 1. The molecule has 8 nitrogen and oxygen atoms in total. The number of nitrogens with zero attached hydrogens (tertiary/aromatic N) is 1. The van der Waals surface area contributed by atoms with Gasteiger partial charge in [0, 0.05) is 37.4 Å². The number of amides is 1. The second kappa shape index (κ2) is 11.1. The lowest BCUT2D eigenvalue weighted by Gasteiger charge is -2.29. The standard InChI is InChI=1S/C25H29ClN4O4/c1-17-5-4-6-19(13-17)23(32)25(10-11-27-16-25)29-24-20(26)14-18(15-28-24)8-9-21(31)30-34-22-7-2-3-12-33-22/h4-6,8-9,13-15,22,27H,2-3,7,10-12,16H2,1H3,(H,28,29)(H,30,31)/b9-8+/t22?,25-/m1/s1. The van der Waals surface area contributed by atoms with E-state index in [1.165, 1.54) is 6.08 Å². The summed E-state index contributed by atoms with van der Waals surface area (Å²) >= 11 is 6.49. The maximum Gasteiger partial charge on any atom is 0.267 e. The fraction of sp³-hybridized carbons (Fsp3) is 0.400. The first-order valence-corrected chi connectivity index (χ1v) is 11.8. The van der Waals surface area contributed by atoms with Crippen molar-refractivity contribution >= 4 is 35.2 Å². The van der Waals surface area contributed by atoms with Crippen molar-refractivity contribution in [2.75, 3.05) is 25.0 Å². The number of hydrogen-bond acceptors (Lipinski definition) is 7. The predicted molar refractivity (Wildman–Crippen MR) is 130 cm³/mol. The van der Waals surface area contributed by atoms with E-state index in [1.54, 1.807) is 18.3 Å². The Bertz CT molecular complexity index is 1060. The number of benzene rings is 1. The molecule has 34 heavy (non-hydrogen) atoms. The molecule has 1 unspecified atom stereocenters. The fourth-order valence-corrected chi connectivity index (χ4v) is 4.33. The molecular weight excluding hydrogens is 456 g/mol. The van der Waals surface area contributed by atoms with Gasteiger partial charge in [-0.15, -0.1) is 0 Å².